The number of nitrogens with zero attached hydrogens (tertiary/aromatic N) is 2. The van der Waals surface area contributed by atoms with Gasteiger partial charge < -0.3 is 15.4 Å². The zero-order valence-electron chi connectivity index (χ0n) is 11.9. The first-order chi connectivity index (χ1) is 9.10. The third kappa shape index (κ3) is 4.96. The molecule has 1 atom stereocenters. The minimum atomic E-state index is -0.216. The number of aryl methyl sites for hydroxylation is 1. The highest BCUT2D eigenvalue weighted by atomic mass is 16.5. The molecule has 1 amide bonds. The highest BCUT2D eigenvalue weighted by molar-refractivity contribution is 5.76. The summed E-state index contributed by atoms with van der Waals surface area (Å²) in [6.45, 7) is 5.42. The molecule has 0 saturated carbocycles. The van der Waals surface area contributed by atoms with Crippen LogP contribution in [0.2, 0.25) is 0 Å². The zero-order chi connectivity index (χ0) is 14.3. The van der Waals surface area contributed by atoms with Gasteiger partial charge in [0, 0.05) is 25.9 Å². The molecular weight excluding hydrogens is 242 g/mol. The molecule has 1 heterocycles. The van der Waals surface area contributed by atoms with Crippen LogP contribution in [0.3, 0.4) is 0 Å². The Kier molecular flexibility index (Phi) is 6.45. The topological polar surface area (TPSA) is 68.5 Å². The molecule has 0 aliphatic heterocycles. The summed E-state index contributed by atoms with van der Waals surface area (Å²) in [6, 6.07) is 5.82. The van der Waals surface area contributed by atoms with Crippen molar-refractivity contribution in [1.82, 2.24) is 9.88 Å². The largest absolute Gasteiger partial charge is 0.380 e. The standard InChI is InChI=1S/C14H23N3O2/c1-4-17(14(18)8-13(9-15)19-3)10-12-7-5-6-11(2)16-12/h5-7,13H,4,8-10,15H2,1-3H3. The highest BCUT2D eigenvalue weighted by Crippen LogP contribution is 2.07. The SMILES string of the molecule is CCN(Cc1cccc(C)n1)C(=O)CC(CN)OC. The molecule has 5 nitrogen and oxygen atoms in total. The number of ether oxygens (including phenoxy) is 1. The van der Waals surface area contributed by atoms with E-state index in [2.05, 4.69) is 4.98 Å². The first kappa shape index (κ1) is 15.6. The fraction of sp³-hybridized carbons (Fsp3) is 0.571. The number of methoxy groups -OCH3 is 1. The van der Waals surface area contributed by atoms with Crippen LogP contribution in [0.5, 0.6) is 0 Å². The summed E-state index contributed by atoms with van der Waals surface area (Å²) in [5, 5.41) is 0. The second-order valence-corrected chi connectivity index (χ2v) is 4.48. The number of hydrogen-bond donors (Lipinski definition) is 1. The van der Waals surface area contributed by atoms with Crippen LogP contribution in [0.25, 0.3) is 0 Å². The molecule has 0 aromatic carbocycles. The van der Waals surface area contributed by atoms with Gasteiger partial charge in [-0.05, 0) is 26.0 Å². The third-order valence-electron chi connectivity index (χ3n) is 3.03. The van der Waals surface area contributed by atoms with Crippen molar-refractivity contribution < 1.29 is 9.53 Å². The van der Waals surface area contributed by atoms with Gasteiger partial charge >= 0.3 is 0 Å². The van der Waals surface area contributed by atoms with Crippen LogP contribution < -0.4 is 5.73 Å². The number of rotatable bonds is 7. The van der Waals surface area contributed by atoms with E-state index < -0.39 is 0 Å². The van der Waals surface area contributed by atoms with E-state index in [1.807, 2.05) is 32.0 Å². The van der Waals surface area contributed by atoms with E-state index in [-0.39, 0.29) is 12.0 Å². The van der Waals surface area contributed by atoms with Crippen LogP contribution in [-0.2, 0) is 16.1 Å². The van der Waals surface area contributed by atoms with Crippen molar-refractivity contribution in [3.05, 3.63) is 29.6 Å². The monoisotopic (exact) mass is 265 g/mol. The first-order valence-corrected chi connectivity index (χ1v) is 6.53. The minimum Gasteiger partial charge on any atom is -0.380 e. The quantitative estimate of drug-likeness (QED) is 0.801. The molecule has 1 aromatic heterocycles. The fourth-order valence-corrected chi connectivity index (χ4v) is 1.85. The van der Waals surface area contributed by atoms with Crippen LogP contribution in [-0.4, -0.2) is 42.1 Å². The van der Waals surface area contributed by atoms with Gasteiger partial charge in [0.2, 0.25) is 5.91 Å². The number of carbonyl (C=O) groups excluding carboxylic acids is 1. The normalized spacial score (nSPS) is 12.2. The molecule has 106 valence electrons. The van der Waals surface area contributed by atoms with Crippen molar-refractivity contribution in [2.24, 2.45) is 5.73 Å². The molecule has 0 aliphatic rings. The smallest absolute Gasteiger partial charge is 0.225 e. The Morgan fingerprint density at radius 2 is 2.26 bits per heavy atom. The molecule has 1 aromatic rings. The van der Waals surface area contributed by atoms with Crippen LogP contribution in [0, 0.1) is 6.92 Å². The van der Waals surface area contributed by atoms with E-state index in [1.54, 1.807) is 12.0 Å². The summed E-state index contributed by atoms with van der Waals surface area (Å²) >= 11 is 0. The van der Waals surface area contributed by atoms with Gasteiger partial charge in [-0.25, -0.2) is 0 Å². The summed E-state index contributed by atoms with van der Waals surface area (Å²) in [6.07, 6.45) is 0.0964. The van der Waals surface area contributed by atoms with Crippen molar-refractivity contribution in [3.8, 4) is 0 Å². The molecule has 0 radical (unpaired) electrons. The first-order valence-electron chi connectivity index (χ1n) is 6.53. The van der Waals surface area contributed by atoms with Crippen molar-refractivity contribution in [2.75, 3.05) is 20.2 Å². The van der Waals surface area contributed by atoms with E-state index in [1.165, 1.54) is 0 Å². The van der Waals surface area contributed by atoms with Crippen LogP contribution in [0.15, 0.2) is 18.2 Å². The van der Waals surface area contributed by atoms with Crippen LogP contribution in [0.1, 0.15) is 24.7 Å². The van der Waals surface area contributed by atoms with Crippen molar-refractivity contribution in [2.45, 2.75) is 32.9 Å². The number of hydrogen-bond acceptors (Lipinski definition) is 4. The molecule has 0 aliphatic carbocycles. The molecule has 19 heavy (non-hydrogen) atoms. The van der Waals surface area contributed by atoms with Gasteiger partial charge in [-0.2, -0.15) is 0 Å². The minimum absolute atomic E-state index is 0.0445. The number of carbonyl (C=O) groups is 1. The van der Waals surface area contributed by atoms with Crippen LogP contribution >= 0.6 is 0 Å². The van der Waals surface area contributed by atoms with Crippen molar-refractivity contribution >= 4 is 5.91 Å². The van der Waals surface area contributed by atoms with E-state index in [9.17, 15) is 4.79 Å². The maximum Gasteiger partial charge on any atom is 0.225 e. The lowest BCUT2D eigenvalue weighted by Crippen LogP contribution is -2.35. The van der Waals surface area contributed by atoms with Gasteiger partial charge in [-0.15, -0.1) is 0 Å². The lowest BCUT2D eigenvalue weighted by Gasteiger charge is -2.23. The van der Waals surface area contributed by atoms with E-state index >= 15 is 0 Å². The Bertz CT molecular complexity index is 405. The number of amides is 1. The highest BCUT2D eigenvalue weighted by Gasteiger charge is 2.17. The van der Waals surface area contributed by atoms with E-state index in [4.69, 9.17) is 10.5 Å². The zero-order valence-corrected chi connectivity index (χ0v) is 11.9. The van der Waals surface area contributed by atoms with Gasteiger partial charge in [-0.1, -0.05) is 6.07 Å². The Morgan fingerprint density at radius 3 is 2.79 bits per heavy atom. The van der Waals surface area contributed by atoms with Crippen molar-refractivity contribution in [3.63, 3.8) is 0 Å². The molecule has 5 heteroatoms. The Hall–Kier alpha value is -1.46. The van der Waals surface area contributed by atoms with Gasteiger partial charge in [0.15, 0.2) is 0 Å². The lowest BCUT2D eigenvalue weighted by molar-refractivity contribution is -0.134. The maximum atomic E-state index is 12.2. The second kappa shape index (κ2) is 7.86. The number of nitrogens with two attached hydrogens (primary N) is 1. The Balaban J connectivity index is 2.64. The lowest BCUT2D eigenvalue weighted by atomic mass is 10.2. The van der Waals surface area contributed by atoms with Crippen molar-refractivity contribution in [1.29, 1.82) is 0 Å². The third-order valence-corrected chi connectivity index (χ3v) is 3.03. The molecular formula is C14H23N3O2. The summed E-state index contributed by atoms with van der Waals surface area (Å²) in [5.74, 6) is 0.0445. The molecule has 0 bridgehead atoms. The predicted molar refractivity (Wildman–Crippen MR) is 74.5 cm³/mol. The predicted octanol–water partition coefficient (Wildman–Crippen LogP) is 1.10. The van der Waals surface area contributed by atoms with E-state index in [0.717, 1.165) is 11.4 Å². The molecule has 2 N–H and O–H groups in total. The fourth-order valence-electron chi connectivity index (χ4n) is 1.85. The Morgan fingerprint density at radius 1 is 1.53 bits per heavy atom. The number of pyridine rings is 1. The molecule has 0 spiro atoms. The molecule has 0 saturated heterocycles. The summed E-state index contributed by atoms with van der Waals surface area (Å²) in [4.78, 5) is 18.3. The average Bonchev–Trinajstić information content (AvgIpc) is 2.41. The van der Waals surface area contributed by atoms with Crippen LogP contribution in [0.4, 0.5) is 0 Å². The summed E-state index contributed by atoms with van der Waals surface area (Å²) < 4.78 is 5.15. The maximum absolute atomic E-state index is 12.2. The second-order valence-electron chi connectivity index (χ2n) is 4.48. The summed E-state index contributed by atoms with van der Waals surface area (Å²) in [7, 11) is 1.57. The van der Waals surface area contributed by atoms with E-state index in [0.29, 0.717) is 26.1 Å². The average molecular weight is 265 g/mol. The van der Waals surface area contributed by atoms with Gasteiger partial charge in [0.25, 0.3) is 0 Å². The van der Waals surface area contributed by atoms with Gasteiger partial charge in [0.05, 0.1) is 24.8 Å². The van der Waals surface area contributed by atoms with Gasteiger partial charge in [-0.3, -0.25) is 9.78 Å². The molecule has 1 unspecified atom stereocenters. The number of aromatic nitrogens is 1. The molecule has 0 fully saturated rings. The summed E-state index contributed by atoms with van der Waals surface area (Å²) in [5.41, 5.74) is 7.39. The molecule has 1 rings (SSSR count). The Labute approximate surface area is 114 Å². The van der Waals surface area contributed by atoms with Gasteiger partial charge in [0.1, 0.15) is 0 Å².